The van der Waals surface area contributed by atoms with Gasteiger partial charge in [-0.2, -0.15) is 0 Å². The van der Waals surface area contributed by atoms with Crippen LogP contribution in [0.1, 0.15) is 33.1 Å². The van der Waals surface area contributed by atoms with Crippen LogP contribution in [-0.2, 0) is 4.79 Å². The zero-order chi connectivity index (χ0) is 12.8. The van der Waals surface area contributed by atoms with Crippen LogP contribution >= 0.6 is 0 Å². The summed E-state index contributed by atoms with van der Waals surface area (Å²) >= 11 is 0. The first-order valence-electron chi connectivity index (χ1n) is 6.70. The van der Waals surface area contributed by atoms with Crippen LogP contribution in [0.2, 0.25) is 0 Å². The van der Waals surface area contributed by atoms with Gasteiger partial charge in [-0.3, -0.25) is 9.69 Å². The molecule has 0 saturated carbocycles. The summed E-state index contributed by atoms with van der Waals surface area (Å²) in [4.78, 5) is 16.5. The van der Waals surface area contributed by atoms with E-state index in [1.165, 1.54) is 0 Å². The molecule has 4 nitrogen and oxygen atoms in total. The number of hydrogen-bond donors (Lipinski definition) is 1. The highest BCUT2D eigenvalue weighted by molar-refractivity contribution is 5.82. The van der Waals surface area contributed by atoms with Crippen LogP contribution in [0.25, 0.3) is 0 Å². The Balaban J connectivity index is 2.27. The van der Waals surface area contributed by atoms with Crippen molar-refractivity contribution in [3.63, 3.8) is 0 Å². The first-order chi connectivity index (χ1) is 8.02. The Morgan fingerprint density at radius 1 is 1.47 bits per heavy atom. The third kappa shape index (κ3) is 4.64. The summed E-state index contributed by atoms with van der Waals surface area (Å²) in [5.74, 6) is 0.218. The maximum absolute atomic E-state index is 12.0. The van der Waals surface area contributed by atoms with Crippen LogP contribution in [0.5, 0.6) is 0 Å². The van der Waals surface area contributed by atoms with Crippen molar-refractivity contribution >= 4 is 5.91 Å². The zero-order valence-corrected chi connectivity index (χ0v) is 11.7. The summed E-state index contributed by atoms with van der Waals surface area (Å²) in [5.41, 5.74) is 0. The summed E-state index contributed by atoms with van der Waals surface area (Å²) < 4.78 is 0. The Morgan fingerprint density at radius 3 is 2.76 bits per heavy atom. The van der Waals surface area contributed by atoms with Crippen molar-refractivity contribution < 1.29 is 4.79 Å². The molecule has 17 heavy (non-hydrogen) atoms. The van der Waals surface area contributed by atoms with Gasteiger partial charge >= 0.3 is 0 Å². The van der Waals surface area contributed by atoms with E-state index in [4.69, 9.17) is 0 Å². The summed E-state index contributed by atoms with van der Waals surface area (Å²) in [6, 6.07) is 0.574. The molecule has 1 heterocycles. The first kappa shape index (κ1) is 14.5. The highest BCUT2D eigenvalue weighted by Crippen LogP contribution is 2.19. The predicted octanol–water partition coefficient (Wildman–Crippen LogP) is 0.927. The van der Waals surface area contributed by atoms with Crippen LogP contribution in [-0.4, -0.2) is 61.5 Å². The van der Waals surface area contributed by atoms with Crippen molar-refractivity contribution in [2.24, 2.45) is 0 Å². The Morgan fingerprint density at radius 2 is 2.18 bits per heavy atom. The molecule has 0 aromatic carbocycles. The second-order valence-electron chi connectivity index (χ2n) is 5.44. The molecule has 1 atom stereocenters. The molecule has 1 saturated heterocycles. The molecule has 0 bridgehead atoms. The van der Waals surface area contributed by atoms with Crippen LogP contribution in [0.4, 0.5) is 0 Å². The number of hydrogen-bond acceptors (Lipinski definition) is 3. The normalized spacial score (nSPS) is 21.4. The fraction of sp³-hybridized carbons (Fsp3) is 0.923. The molecule has 1 fully saturated rings. The molecule has 1 N–H and O–H groups in total. The Labute approximate surface area is 105 Å². The Kier molecular flexibility index (Phi) is 5.92. The maximum Gasteiger partial charge on any atom is 0.237 e. The highest BCUT2D eigenvalue weighted by atomic mass is 16.2. The van der Waals surface area contributed by atoms with E-state index in [1.54, 1.807) is 0 Å². The molecule has 100 valence electrons. The zero-order valence-electron chi connectivity index (χ0n) is 11.7. The number of rotatable bonds is 6. The van der Waals surface area contributed by atoms with Gasteiger partial charge in [-0.1, -0.05) is 0 Å². The van der Waals surface area contributed by atoms with Gasteiger partial charge in [0.25, 0.3) is 0 Å². The Hall–Kier alpha value is -0.610. The van der Waals surface area contributed by atoms with E-state index in [1.807, 2.05) is 0 Å². The minimum atomic E-state index is 0.106. The lowest BCUT2D eigenvalue weighted by Gasteiger charge is -2.27. The summed E-state index contributed by atoms with van der Waals surface area (Å²) in [6.07, 6.45) is 3.18. The van der Waals surface area contributed by atoms with Crippen LogP contribution in [0.15, 0.2) is 0 Å². The van der Waals surface area contributed by atoms with Crippen molar-refractivity contribution in [1.82, 2.24) is 15.1 Å². The van der Waals surface area contributed by atoms with Gasteiger partial charge < -0.3 is 10.2 Å². The van der Waals surface area contributed by atoms with Gasteiger partial charge in [0.05, 0.1) is 6.04 Å². The van der Waals surface area contributed by atoms with Gasteiger partial charge in [-0.15, -0.1) is 0 Å². The molecule has 1 rings (SSSR count). The molecule has 0 aromatic rings. The molecule has 1 aliphatic heterocycles. The monoisotopic (exact) mass is 241 g/mol. The largest absolute Gasteiger partial charge is 0.355 e. The Bertz CT molecular complexity index is 241. The topological polar surface area (TPSA) is 35.6 Å². The predicted molar refractivity (Wildman–Crippen MR) is 71.0 cm³/mol. The minimum absolute atomic E-state index is 0.106. The minimum Gasteiger partial charge on any atom is -0.355 e. The van der Waals surface area contributed by atoms with E-state index in [9.17, 15) is 4.79 Å². The second-order valence-corrected chi connectivity index (χ2v) is 5.44. The fourth-order valence-electron chi connectivity index (χ4n) is 2.41. The van der Waals surface area contributed by atoms with Crippen LogP contribution in [0.3, 0.4) is 0 Å². The number of nitrogens with one attached hydrogen (secondary N) is 1. The van der Waals surface area contributed by atoms with Gasteiger partial charge in [0.15, 0.2) is 0 Å². The number of likely N-dealkylation sites (tertiary alicyclic amines) is 1. The molecular formula is C13H27N3O. The van der Waals surface area contributed by atoms with E-state index in [-0.39, 0.29) is 11.9 Å². The molecule has 1 amide bonds. The smallest absolute Gasteiger partial charge is 0.237 e. The van der Waals surface area contributed by atoms with Gasteiger partial charge in [0.1, 0.15) is 0 Å². The SMILES string of the molecule is CC(C)N1CCCC1C(=O)NCCCN(C)C. The fourth-order valence-corrected chi connectivity index (χ4v) is 2.41. The average Bonchev–Trinajstić information content (AvgIpc) is 2.72. The summed E-state index contributed by atoms with van der Waals surface area (Å²) in [5, 5.41) is 3.06. The van der Waals surface area contributed by atoms with Crippen molar-refractivity contribution in [3.8, 4) is 0 Å². The summed E-state index contributed by atoms with van der Waals surface area (Å²) in [6.45, 7) is 7.21. The van der Waals surface area contributed by atoms with E-state index in [0.717, 1.165) is 38.9 Å². The van der Waals surface area contributed by atoms with Gasteiger partial charge in [0, 0.05) is 12.6 Å². The van der Waals surface area contributed by atoms with Crippen molar-refractivity contribution in [2.75, 3.05) is 33.7 Å². The molecule has 0 spiro atoms. The van der Waals surface area contributed by atoms with Crippen LogP contribution < -0.4 is 5.32 Å². The standard InChI is InChI=1S/C13H27N3O/c1-11(2)16-10-5-7-12(16)13(17)14-8-6-9-15(3)4/h11-12H,5-10H2,1-4H3,(H,14,17). The first-order valence-corrected chi connectivity index (χ1v) is 6.70. The van der Waals surface area contributed by atoms with Crippen molar-refractivity contribution in [2.45, 2.75) is 45.2 Å². The lowest BCUT2D eigenvalue weighted by atomic mass is 10.2. The van der Waals surface area contributed by atoms with Gasteiger partial charge in [-0.05, 0) is 60.3 Å². The molecule has 1 aliphatic rings. The highest BCUT2D eigenvalue weighted by Gasteiger charge is 2.31. The molecule has 0 aliphatic carbocycles. The maximum atomic E-state index is 12.0. The van der Waals surface area contributed by atoms with Crippen molar-refractivity contribution in [1.29, 1.82) is 0 Å². The molecular weight excluding hydrogens is 214 g/mol. The van der Waals surface area contributed by atoms with Crippen LogP contribution in [0, 0.1) is 0 Å². The molecule has 4 heteroatoms. The van der Waals surface area contributed by atoms with Gasteiger partial charge in [0.2, 0.25) is 5.91 Å². The average molecular weight is 241 g/mol. The third-order valence-electron chi connectivity index (χ3n) is 3.34. The second kappa shape index (κ2) is 6.97. The molecule has 0 radical (unpaired) electrons. The van der Waals surface area contributed by atoms with Crippen molar-refractivity contribution in [3.05, 3.63) is 0 Å². The third-order valence-corrected chi connectivity index (χ3v) is 3.34. The number of amides is 1. The van der Waals surface area contributed by atoms with Gasteiger partial charge in [-0.25, -0.2) is 0 Å². The van der Waals surface area contributed by atoms with E-state index in [0.29, 0.717) is 6.04 Å². The lowest BCUT2D eigenvalue weighted by molar-refractivity contribution is -0.126. The van der Waals surface area contributed by atoms with E-state index >= 15 is 0 Å². The van der Waals surface area contributed by atoms with E-state index < -0.39 is 0 Å². The number of carbonyl (C=O) groups is 1. The number of nitrogens with zero attached hydrogens (tertiary/aromatic N) is 2. The number of carbonyl (C=O) groups excluding carboxylic acids is 1. The lowest BCUT2D eigenvalue weighted by Crippen LogP contribution is -2.46. The molecule has 0 aromatic heterocycles. The van der Waals surface area contributed by atoms with E-state index in [2.05, 4.69) is 43.1 Å². The molecule has 1 unspecified atom stereocenters. The summed E-state index contributed by atoms with van der Waals surface area (Å²) in [7, 11) is 4.11. The quantitative estimate of drug-likeness (QED) is 0.703.